The Balaban J connectivity index is 2.09. The molecule has 6 nitrogen and oxygen atoms in total. The van der Waals surface area contributed by atoms with Crippen LogP contribution < -0.4 is 15.5 Å². The summed E-state index contributed by atoms with van der Waals surface area (Å²) in [6, 6.07) is 8.98. The quantitative estimate of drug-likeness (QED) is 0.299. The number of nitrogens with one attached hydrogen (secondary N) is 2. The van der Waals surface area contributed by atoms with Gasteiger partial charge in [-0.05, 0) is 42.3 Å². The molecule has 1 atom stereocenters. The van der Waals surface area contributed by atoms with Crippen LogP contribution in [-0.4, -0.2) is 30.7 Å². The summed E-state index contributed by atoms with van der Waals surface area (Å²) in [6.07, 6.45) is 6.67. The van der Waals surface area contributed by atoms with Gasteiger partial charge in [0.2, 0.25) is 0 Å². The van der Waals surface area contributed by atoms with Gasteiger partial charge in [0, 0.05) is 15.6 Å². The SMILES string of the molecule is C#CCOc1ccc(Br)cc1C=NNC(=O)C(NC(=O)c1ccc(Cl)c(Cl)c1)C(C)C. The number of carbonyl (C=O) groups is 2. The van der Waals surface area contributed by atoms with Gasteiger partial charge in [-0.2, -0.15) is 5.10 Å². The fraction of sp³-hybridized carbons (Fsp3) is 0.227. The lowest BCUT2D eigenvalue weighted by molar-refractivity contribution is -0.123. The van der Waals surface area contributed by atoms with E-state index in [-0.39, 0.29) is 17.5 Å². The highest BCUT2D eigenvalue weighted by Gasteiger charge is 2.24. The van der Waals surface area contributed by atoms with Gasteiger partial charge >= 0.3 is 0 Å². The van der Waals surface area contributed by atoms with E-state index in [2.05, 4.69) is 37.7 Å². The molecular formula is C22H20BrCl2N3O3. The van der Waals surface area contributed by atoms with Crippen LogP contribution in [0.15, 0.2) is 46.0 Å². The zero-order valence-corrected chi connectivity index (χ0v) is 19.9. The molecule has 2 aromatic carbocycles. The number of benzene rings is 2. The number of carbonyl (C=O) groups excluding carboxylic acids is 2. The van der Waals surface area contributed by atoms with E-state index in [1.807, 2.05) is 13.8 Å². The van der Waals surface area contributed by atoms with Gasteiger partial charge in [0.1, 0.15) is 18.4 Å². The van der Waals surface area contributed by atoms with E-state index < -0.39 is 17.9 Å². The predicted molar refractivity (Wildman–Crippen MR) is 127 cm³/mol. The molecule has 0 aliphatic heterocycles. The zero-order valence-electron chi connectivity index (χ0n) is 16.8. The molecule has 0 fully saturated rings. The summed E-state index contributed by atoms with van der Waals surface area (Å²) in [5.41, 5.74) is 3.36. The molecule has 0 radical (unpaired) electrons. The summed E-state index contributed by atoms with van der Waals surface area (Å²) in [7, 11) is 0. The molecule has 2 aromatic rings. The Kier molecular flexibility index (Phi) is 9.38. The van der Waals surface area contributed by atoms with Gasteiger partial charge in [0.05, 0.1) is 16.3 Å². The topological polar surface area (TPSA) is 79.8 Å². The number of rotatable bonds is 8. The number of amides is 2. The number of hydrogen-bond acceptors (Lipinski definition) is 4. The average Bonchev–Trinajstić information content (AvgIpc) is 2.72. The Morgan fingerprint density at radius 2 is 1.97 bits per heavy atom. The van der Waals surface area contributed by atoms with Crippen LogP contribution in [0.25, 0.3) is 0 Å². The second-order valence-corrected chi connectivity index (χ2v) is 8.46. The number of halogens is 3. The first-order chi connectivity index (χ1) is 14.7. The van der Waals surface area contributed by atoms with Gasteiger partial charge in [0.15, 0.2) is 0 Å². The smallest absolute Gasteiger partial charge is 0.262 e. The monoisotopic (exact) mass is 523 g/mol. The highest BCUT2D eigenvalue weighted by molar-refractivity contribution is 9.10. The molecule has 0 saturated carbocycles. The van der Waals surface area contributed by atoms with Gasteiger partial charge in [-0.15, -0.1) is 6.42 Å². The molecule has 0 aliphatic rings. The van der Waals surface area contributed by atoms with Gasteiger partial charge in [-0.25, -0.2) is 5.43 Å². The van der Waals surface area contributed by atoms with Crippen molar-refractivity contribution >= 4 is 57.2 Å². The lowest BCUT2D eigenvalue weighted by Gasteiger charge is -2.20. The van der Waals surface area contributed by atoms with Gasteiger partial charge < -0.3 is 10.1 Å². The van der Waals surface area contributed by atoms with Crippen molar-refractivity contribution in [3.05, 3.63) is 62.0 Å². The second kappa shape index (κ2) is 11.8. The third-order valence-corrected chi connectivity index (χ3v) is 5.31. The largest absolute Gasteiger partial charge is 0.480 e. The first-order valence-electron chi connectivity index (χ1n) is 9.17. The van der Waals surface area contributed by atoms with Crippen molar-refractivity contribution in [3.8, 4) is 18.1 Å². The maximum absolute atomic E-state index is 12.6. The normalized spacial score (nSPS) is 11.8. The first-order valence-corrected chi connectivity index (χ1v) is 10.7. The van der Waals surface area contributed by atoms with Gasteiger partial charge in [-0.3, -0.25) is 9.59 Å². The molecule has 2 amide bonds. The third-order valence-electron chi connectivity index (χ3n) is 4.08. The van der Waals surface area contributed by atoms with E-state index in [1.165, 1.54) is 24.4 Å². The molecule has 2 N–H and O–H groups in total. The van der Waals surface area contributed by atoms with Crippen LogP contribution >= 0.6 is 39.1 Å². The van der Waals surface area contributed by atoms with Crippen molar-refractivity contribution in [2.24, 2.45) is 11.0 Å². The maximum atomic E-state index is 12.6. The fourth-order valence-corrected chi connectivity index (χ4v) is 3.18. The van der Waals surface area contributed by atoms with Crippen LogP contribution in [0.4, 0.5) is 0 Å². The first kappa shape index (κ1) is 24.7. The molecule has 31 heavy (non-hydrogen) atoms. The average molecular weight is 525 g/mol. The Hall–Kier alpha value is -2.53. The summed E-state index contributed by atoms with van der Waals surface area (Å²) in [5.74, 6) is 1.80. The minimum atomic E-state index is -0.821. The number of terminal acetylenes is 1. The summed E-state index contributed by atoms with van der Waals surface area (Å²) >= 11 is 15.2. The number of ether oxygens (including phenoxy) is 1. The van der Waals surface area contributed by atoms with Gasteiger partial charge in [0.25, 0.3) is 11.8 Å². The Morgan fingerprint density at radius 1 is 1.23 bits per heavy atom. The maximum Gasteiger partial charge on any atom is 0.262 e. The van der Waals surface area contributed by atoms with Crippen molar-refractivity contribution in [2.45, 2.75) is 19.9 Å². The van der Waals surface area contributed by atoms with E-state index in [0.29, 0.717) is 21.9 Å². The van der Waals surface area contributed by atoms with Gasteiger partial charge in [-0.1, -0.05) is 58.9 Å². The van der Waals surface area contributed by atoms with Crippen LogP contribution in [0.1, 0.15) is 29.8 Å². The van der Waals surface area contributed by atoms with Crippen molar-refractivity contribution in [1.29, 1.82) is 0 Å². The number of hydrogen-bond donors (Lipinski definition) is 2. The van der Waals surface area contributed by atoms with E-state index in [9.17, 15) is 9.59 Å². The van der Waals surface area contributed by atoms with Crippen molar-refractivity contribution < 1.29 is 14.3 Å². The highest BCUT2D eigenvalue weighted by Crippen LogP contribution is 2.23. The molecule has 0 saturated heterocycles. The zero-order chi connectivity index (χ0) is 23.0. The minimum Gasteiger partial charge on any atom is -0.480 e. The van der Waals surface area contributed by atoms with Crippen LogP contribution in [0.5, 0.6) is 5.75 Å². The van der Waals surface area contributed by atoms with Crippen LogP contribution in [0.2, 0.25) is 10.0 Å². The van der Waals surface area contributed by atoms with E-state index >= 15 is 0 Å². The minimum absolute atomic E-state index is 0.102. The molecule has 2 rings (SSSR count). The molecule has 0 heterocycles. The van der Waals surface area contributed by atoms with Crippen LogP contribution in [0, 0.1) is 18.3 Å². The molecule has 0 aromatic heterocycles. The fourth-order valence-electron chi connectivity index (χ4n) is 2.50. The van der Waals surface area contributed by atoms with E-state index in [4.69, 9.17) is 34.4 Å². The van der Waals surface area contributed by atoms with Crippen molar-refractivity contribution in [2.75, 3.05) is 6.61 Å². The Labute approximate surface area is 199 Å². The van der Waals surface area contributed by atoms with E-state index in [1.54, 1.807) is 18.2 Å². The summed E-state index contributed by atoms with van der Waals surface area (Å²) < 4.78 is 6.27. The summed E-state index contributed by atoms with van der Waals surface area (Å²) in [5, 5.41) is 7.28. The Morgan fingerprint density at radius 3 is 2.61 bits per heavy atom. The second-order valence-electron chi connectivity index (χ2n) is 6.73. The standard InChI is InChI=1S/C22H20BrCl2N3O3/c1-4-9-31-19-8-6-16(23)10-15(19)12-26-28-22(30)20(13(2)3)27-21(29)14-5-7-17(24)18(25)11-14/h1,5-8,10-13,20H,9H2,2-3H3,(H,27,29)(H,28,30). The molecule has 9 heteroatoms. The molecule has 0 aliphatic carbocycles. The predicted octanol–water partition coefficient (Wildman–Crippen LogP) is 4.67. The third kappa shape index (κ3) is 7.28. The molecule has 0 bridgehead atoms. The van der Waals surface area contributed by atoms with Crippen molar-refractivity contribution in [1.82, 2.24) is 10.7 Å². The summed E-state index contributed by atoms with van der Waals surface area (Å²) in [6.45, 7) is 3.72. The van der Waals surface area contributed by atoms with Crippen LogP contribution in [-0.2, 0) is 4.79 Å². The van der Waals surface area contributed by atoms with E-state index in [0.717, 1.165) is 4.47 Å². The molecule has 1 unspecified atom stereocenters. The number of nitrogens with zero attached hydrogens (tertiary/aromatic N) is 1. The number of hydrazone groups is 1. The Bertz CT molecular complexity index is 1040. The molecular weight excluding hydrogens is 505 g/mol. The lowest BCUT2D eigenvalue weighted by Crippen LogP contribution is -2.48. The highest BCUT2D eigenvalue weighted by atomic mass is 79.9. The molecule has 0 spiro atoms. The molecule has 162 valence electrons. The van der Waals surface area contributed by atoms with Crippen LogP contribution in [0.3, 0.4) is 0 Å². The lowest BCUT2D eigenvalue weighted by atomic mass is 10.0. The summed E-state index contributed by atoms with van der Waals surface area (Å²) in [4.78, 5) is 25.2. The van der Waals surface area contributed by atoms with Crippen molar-refractivity contribution in [3.63, 3.8) is 0 Å².